The van der Waals surface area contributed by atoms with Crippen LogP contribution in [0.3, 0.4) is 0 Å². The van der Waals surface area contributed by atoms with Gasteiger partial charge in [-0.1, -0.05) is 32.6 Å². The SMILES string of the molecule is CCCCCCCC(=O)OCCC12CC3CC(CC(C3)C1)C2. The minimum absolute atomic E-state index is 0.0428. The molecule has 126 valence electrons. The molecule has 2 heteroatoms. The van der Waals surface area contributed by atoms with Crippen molar-refractivity contribution in [2.75, 3.05) is 6.61 Å². The van der Waals surface area contributed by atoms with Crippen LogP contribution in [-0.2, 0) is 9.53 Å². The Kier molecular flexibility index (Phi) is 5.46. The number of esters is 1. The van der Waals surface area contributed by atoms with Crippen LogP contribution in [0.1, 0.15) is 90.4 Å². The number of ether oxygens (including phenoxy) is 1. The summed E-state index contributed by atoms with van der Waals surface area (Å²) in [5.74, 6) is 3.04. The van der Waals surface area contributed by atoms with Crippen LogP contribution in [0.15, 0.2) is 0 Å². The zero-order chi connectivity index (χ0) is 15.4. The molecule has 4 aliphatic rings. The van der Waals surface area contributed by atoms with Crippen molar-refractivity contribution in [3.8, 4) is 0 Å². The largest absolute Gasteiger partial charge is 0.466 e. The van der Waals surface area contributed by atoms with Crippen LogP contribution in [0.25, 0.3) is 0 Å². The highest BCUT2D eigenvalue weighted by atomic mass is 16.5. The summed E-state index contributed by atoms with van der Waals surface area (Å²) >= 11 is 0. The zero-order valence-corrected chi connectivity index (χ0v) is 14.4. The smallest absolute Gasteiger partial charge is 0.305 e. The number of hydrogen-bond acceptors (Lipinski definition) is 2. The van der Waals surface area contributed by atoms with Crippen LogP contribution in [0, 0.1) is 23.2 Å². The Hall–Kier alpha value is -0.530. The van der Waals surface area contributed by atoms with E-state index in [1.807, 2.05) is 0 Å². The molecule has 0 aromatic rings. The second-order valence-electron chi connectivity index (χ2n) is 8.55. The minimum Gasteiger partial charge on any atom is -0.466 e. The van der Waals surface area contributed by atoms with E-state index in [2.05, 4.69) is 6.92 Å². The van der Waals surface area contributed by atoms with Gasteiger partial charge in [0.15, 0.2) is 0 Å². The van der Waals surface area contributed by atoms with Gasteiger partial charge in [0.25, 0.3) is 0 Å². The van der Waals surface area contributed by atoms with Crippen LogP contribution in [0.2, 0.25) is 0 Å². The van der Waals surface area contributed by atoms with Crippen molar-refractivity contribution >= 4 is 5.97 Å². The fourth-order valence-corrected chi connectivity index (χ4v) is 5.92. The highest BCUT2D eigenvalue weighted by molar-refractivity contribution is 5.69. The van der Waals surface area contributed by atoms with Crippen molar-refractivity contribution in [2.24, 2.45) is 23.2 Å². The minimum atomic E-state index is 0.0428. The molecule has 4 aliphatic carbocycles. The van der Waals surface area contributed by atoms with E-state index >= 15 is 0 Å². The maximum Gasteiger partial charge on any atom is 0.305 e. The van der Waals surface area contributed by atoms with Crippen molar-refractivity contribution in [3.63, 3.8) is 0 Å². The Morgan fingerprint density at radius 2 is 1.55 bits per heavy atom. The first kappa shape index (κ1) is 16.3. The highest BCUT2D eigenvalue weighted by Crippen LogP contribution is 2.61. The standard InChI is InChI=1S/C20H34O2/c1-2-3-4-5-6-7-19(21)22-9-8-20-13-16-10-17(14-20)12-18(11-16)15-20/h16-18H,2-15H2,1H3. The van der Waals surface area contributed by atoms with Crippen molar-refractivity contribution in [1.29, 1.82) is 0 Å². The Morgan fingerprint density at radius 1 is 0.955 bits per heavy atom. The lowest BCUT2D eigenvalue weighted by Gasteiger charge is -2.57. The lowest BCUT2D eigenvalue weighted by atomic mass is 9.49. The normalized spacial score (nSPS) is 35.8. The summed E-state index contributed by atoms with van der Waals surface area (Å²) in [5.41, 5.74) is 0.552. The van der Waals surface area contributed by atoms with Gasteiger partial charge in [-0.3, -0.25) is 4.79 Å². The number of unbranched alkanes of at least 4 members (excludes halogenated alkanes) is 4. The predicted octanol–water partition coefficient (Wildman–Crippen LogP) is 5.50. The van der Waals surface area contributed by atoms with Gasteiger partial charge < -0.3 is 4.74 Å². The molecule has 0 amide bonds. The summed E-state index contributed by atoms with van der Waals surface area (Å²) in [6.07, 6.45) is 16.5. The van der Waals surface area contributed by atoms with E-state index in [0.29, 0.717) is 18.4 Å². The molecule has 0 atom stereocenters. The molecule has 0 heterocycles. The van der Waals surface area contributed by atoms with Gasteiger partial charge >= 0.3 is 5.97 Å². The molecule has 0 aromatic heterocycles. The van der Waals surface area contributed by atoms with E-state index in [9.17, 15) is 4.79 Å². The van der Waals surface area contributed by atoms with E-state index in [0.717, 1.165) is 30.6 Å². The van der Waals surface area contributed by atoms with Crippen LogP contribution in [0.5, 0.6) is 0 Å². The summed E-state index contributed by atoms with van der Waals surface area (Å²) in [6.45, 7) is 2.90. The fraction of sp³-hybridized carbons (Fsp3) is 0.950. The second-order valence-corrected chi connectivity index (χ2v) is 8.55. The van der Waals surface area contributed by atoms with Crippen LogP contribution >= 0.6 is 0 Å². The average Bonchev–Trinajstić information content (AvgIpc) is 2.45. The third-order valence-electron chi connectivity index (χ3n) is 6.54. The molecule has 4 rings (SSSR count). The summed E-state index contributed by atoms with van der Waals surface area (Å²) in [6, 6.07) is 0. The Labute approximate surface area is 136 Å². The Bertz CT molecular complexity index is 339. The van der Waals surface area contributed by atoms with Gasteiger partial charge in [0.2, 0.25) is 0 Å². The van der Waals surface area contributed by atoms with Crippen LogP contribution in [0.4, 0.5) is 0 Å². The Morgan fingerprint density at radius 3 is 2.14 bits per heavy atom. The number of carbonyl (C=O) groups excluding carboxylic acids is 1. The van der Waals surface area contributed by atoms with Gasteiger partial charge in [-0.05, 0) is 74.5 Å². The third-order valence-corrected chi connectivity index (χ3v) is 6.54. The molecule has 0 aliphatic heterocycles. The Balaban J connectivity index is 1.32. The lowest BCUT2D eigenvalue weighted by molar-refractivity contribution is -0.146. The van der Waals surface area contributed by atoms with Crippen molar-refractivity contribution in [3.05, 3.63) is 0 Å². The summed E-state index contributed by atoms with van der Waals surface area (Å²) in [4.78, 5) is 11.8. The van der Waals surface area contributed by atoms with Crippen molar-refractivity contribution < 1.29 is 9.53 Å². The van der Waals surface area contributed by atoms with Crippen molar-refractivity contribution in [1.82, 2.24) is 0 Å². The summed E-state index contributed by atoms with van der Waals surface area (Å²) < 4.78 is 5.55. The zero-order valence-electron chi connectivity index (χ0n) is 14.4. The molecular formula is C20H34O2. The van der Waals surface area contributed by atoms with Crippen LogP contribution < -0.4 is 0 Å². The number of carbonyl (C=O) groups is 1. The molecule has 4 fully saturated rings. The summed E-state index contributed by atoms with van der Waals surface area (Å²) in [5, 5.41) is 0. The molecule has 0 N–H and O–H groups in total. The van der Waals surface area contributed by atoms with Crippen molar-refractivity contribution in [2.45, 2.75) is 90.4 Å². The average molecular weight is 306 g/mol. The number of hydrogen-bond donors (Lipinski definition) is 0. The second kappa shape index (κ2) is 7.36. The fourth-order valence-electron chi connectivity index (χ4n) is 5.92. The molecule has 0 radical (unpaired) electrons. The first-order valence-electron chi connectivity index (χ1n) is 9.85. The quantitative estimate of drug-likeness (QED) is 0.415. The number of rotatable bonds is 9. The van der Waals surface area contributed by atoms with E-state index < -0.39 is 0 Å². The third kappa shape index (κ3) is 4.06. The first-order chi connectivity index (χ1) is 10.7. The van der Waals surface area contributed by atoms with Gasteiger partial charge in [-0.15, -0.1) is 0 Å². The van der Waals surface area contributed by atoms with Gasteiger partial charge in [0.05, 0.1) is 6.61 Å². The highest BCUT2D eigenvalue weighted by Gasteiger charge is 2.50. The van der Waals surface area contributed by atoms with Gasteiger partial charge in [-0.2, -0.15) is 0 Å². The summed E-state index contributed by atoms with van der Waals surface area (Å²) in [7, 11) is 0. The van der Waals surface area contributed by atoms with Gasteiger partial charge in [-0.25, -0.2) is 0 Å². The molecular weight excluding hydrogens is 272 g/mol. The van der Waals surface area contributed by atoms with Gasteiger partial charge in [0.1, 0.15) is 0 Å². The van der Waals surface area contributed by atoms with E-state index in [1.165, 1.54) is 64.2 Å². The molecule has 4 bridgehead atoms. The maximum absolute atomic E-state index is 11.8. The van der Waals surface area contributed by atoms with E-state index in [-0.39, 0.29) is 5.97 Å². The van der Waals surface area contributed by atoms with Gasteiger partial charge in [0, 0.05) is 6.42 Å². The maximum atomic E-state index is 11.8. The monoisotopic (exact) mass is 306 g/mol. The molecule has 4 saturated carbocycles. The molecule has 2 nitrogen and oxygen atoms in total. The first-order valence-corrected chi connectivity index (χ1v) is 9.85. The lowest BCUT2D eigenvalue weighted by Crippen LogP contribution is -2.46. The topological polar surface area (TPSA) is 26.3 Å². The molecule has 0 saturated heterocycles. The molecule has 0 unspecified atom stereocenters. The van der Waals surface area contributed by atoms with E-state index in [4.69, 9.17) is 4.74 Å². The molecule has 22 heavy (non-hydrogen) atoms. The van der Waals surface area contributed by atoms with E-state index in [1.54, 1.807) is 0 Å². The predicted molar refractivity (Wildman–Crippen MR) is 89.6 cm³/mol. The molecule has 0 spiro atoms. The van der Waals surface area contributed by atoms with Crippen LogP contribution in [-0.4, -0.2) is 12.6 Å². The molecule has 0 aromatic carbocycles.